The molecular weight excluding hydrogens is 426 g/mol. The number of aliphatic hydroxyl groups is 1. The van der Waals surface area contributed by atoms with Crippen LogP contribution in [0.2, 0.25) is 0 Å². The zero-order chi connectivity index (χ0) is 24.3. The molecule has 11 heteroatoms. The molecule has 2 rings (SSSR count). The van der Waals surface area contributed by atoms with Crippen LogP contribution in [0.5, 0.6) is 0 Å². The molecule has 0 bridgehead atoms. The number of hydrogen-bond donors (Lipinski definition) is 2. The highest BCUT2D eigenvalue weighted by Gasteiger charge is 2.51. The van der Waals surface area contributed by atoms with Crippen molar-refractivity contribution in [2.45, 2.75) is 65.0 Å². The smallest absolute Gasteiger partial charge is 0.305 e. The highest BCUT2D eigenvalue weighted by Crippen LogP contribution is 2.28. The number of esters is 3. The van der Waals surface area contributed by atoms with Crippen LogP contribution in [0.4, 0.5) is 0 Å². The van der Waals surface area contributed by atoms with Crippen LogP contribution in [0.1, 0.15) is 33.3 Å². The SMILES string of the molecule is CC(=O)O[C@H]1O[C@@H](C(N)=O)[C@@H](O)[C@H](OCc2ccccc2)[C@H]1OC(C)=O.CCOC(C)=O. The minimum atomic E-state index is -1.52. The molecule has 5 atom stereocenters. The van der Waals surface area contributed by atoms with Gasteiger partial charge in [0.15, 0.2) is 12.2 Å². The highest BCUT2D eigenvalue weighted by molar-refractivity contribution is 5.80. The topological polar surface area (TPSA) is 161 Å². The molecule has 1 heterocycles. The van der Waals surface area contributed by atoms with Crippen LogP contribution in [0.15, 0.2) is 30.3 Å². The number of rotatable bonds is 7. The summed E-state index contributed by atoms with van der Waals surface area (Å²) in [6.07, 6.45) is -6.93. The highest BCUT2D eigenvalue weighted by atomic mass is 16.7. The van der Waals surface area contributed by atoms with Gasteiger partial charge in [0.2, 0.25) is 12.2 Å². The number of primary amides is 1. The molecule has 1 fully saturated rings. The Kier molecular flexibility index (Phi) is 11.3. The van der Waals surface area contributed by atoms with Crippen molar-refractivity contribution in [3.05, 3.63) is 35.9 Å². The van der Waals surface area contributed by atoms with E-state index in [0.29, 0.717) is 6.61 Å². The van der Waals surface area contributed by atoms with Gasteiger partial charge >= 0.3 is 17.9 Å². The first-order valence-electron chi connectivity index (χ1n) is 9.82. The van der Waals surface area contributed by atoms with Crippen molar-refractivity contribution >= 4 is 23.8 Å². The first kappa shape index (κ1) is 27.0. The van der Waals surface area contributed by atoms with Gasteiger partial charge in [0.05, 0.1) is 13.2 Å². The van der Waals surface area contributed by atoms with E-state index in [1.54, 1.807) is 31.2 Å². The van der Waals surface area contributed by atoms with E-state index in [-0.39, 0.29) is 12.6 Å². The van der Waals surface area contributed by atoms with Gasteiger partial charge in [-0.2, -0.15) is 0 Å². The maximum atomic E-state index is 11.6. The quantitative estimate of drug-likeness (QED) is 0.429. The summed E-state index contributed by atoms with van der Waals surface area (Å²) >= 11 is 0. The van der Waals surface area contributed by atoms with Crippen molar-refractivity contribution in [1.29, 1.82) is 0 Å². The number of aliphatic hydroxyl groups excluding tert-OH is 1. The second-order valence-corrected chi connectivity index (χ2v) is 6.69. The van der Waals surface area contributed by atoms with Crippen LogP contribution in [0.3, 0.4) is 0 Å². The third-order valence-corrected chi connectivity index (χ3v) is 4.02. The zero-order valence-corrected chi connectivity index (χ0v) is 18.4. The predicted molar refractivity (Wildman–Crippen MR) is 109 cm³/mol. The Labute approximate surface area is 185 Å². The average molecular weight is 455 g/mol. The minimum absolute atomic E-state index is 0.0542. The van der Waals surface area contributed by atoms with E-state index in [0.717, 1.165) is 19.4 Å². The molecule has 1 saturated heterocycles. The van der Waals surface area contributed by atoms with E-state index in [9.17, 15) is 24.3 Å². The Balaban J connectivity index is 0.000000751. The lowest BCUT2D eigenvalue weighted by molar-refractivity contribution is -0.293. The van der Waals surface area contributed by atoms with Crippen molar-refractivity contribution in [3.63, 3.8) is 0 Å². The lowest BCUT2D eigenvalue weighted by atomic mass is 9.97. The van der Waals surface area contributed by atoms with Crippen LogP contribution in [-0.2, 0) is 49.5 Å². The van der Waals surface area contributed by atoms with Gasteiger partial charge < -0.3 is 34.5 Å². The third-order valence-electron chi connectivity index (χ3n) is 4.02. The summed E-state index contributed by atoms with van der Waals surface area (Å²) < 4.78 is 25.4. The van der Waals surface area contributed by atoms with Crippen molar-refractivity contribution in [2.24, 2.45) is 5.73 Å². The molecule has 0 radical (unpaired) electrons. The van der Waals surface area contributed by atoms with Gasteiger partial charge in [0.1, 0.15) is 12.2 Å². The first-order valence-corrected chi connectivity index (χ1v) is 9.82. The van der Waals surface area contributed by atoms with E-state index < -0.39 is 48.6 Å². The number of carbonyl (C=O) groups excluding carboxylic acids is 4. The second-order valence-electron chi connectivity index (χ2n) is 6.69. The maximum absolute atomic E-state index is 11.6. The molecule has 3 N–H and O–H groups in total. The standard InChI is InChI=1S/C17H21NO8.C4H8O2/c1-9(19)24-15-13(23-8-11-6-4-3-5-7-11)12(21)14(16(18)22)26-17(15)25-10(2)20;1-3-6-4(2)5/h3-7,12-15,17,21H,8H2,1-2H3,(H2,18,22);3H2,1-2H3/t12-,13-,14+,15+,17-;/m0./s1. The summed E-state index contributed by atoms with van der Waals surface area (Å²) in [6, 6.07) is 9.02. The van der Waals surface area contributed by atoms with E-state index in [2.05, 4.69) is 4.74 Å². The molecule has 1 aromatic rings. The summed E-state index contributed by atoms with van der Waals surface area (Å²) in [5.74, 6) is -2.61. The van der Waals surface area contributed by atoms with Gasteiger partial charge in [-0.05, 0) is 12.5 Å². The molecule has 1 amide bonds. The van der Waals surface area contributed by atoms with Gasteiger partial charge in [-0.15, -0.1) is 0 Å². The van der Waals surface area contributed by atoms with Gasteiger partial charge in [0.25, 0.3) is 0 Å². The van der Waals surface area contributed by atoms with Gasteiger partial charge in [-0.25, -0.2) is 0 Å². The third kappa shape index (κ3) is 9.00. The summed E-state index contributed by atoms with van der Waals surface area (Å²) in [6.45, 7) is 5.98. The largest absolute Gasteiger partial charge is 0.466 e. The van der Waals surface area contributed by atoms with Crippen molar-refractivity contribution in [3.8, 4) is 0 Å². The van der Waals surface area contributed by atoms with Crippen molar-refractivity contribution in [2.75, 3.05) is 6.61 Å². The molecule has 11 nitrogen and oxygen atoms in total. The molecule has 0 saturated carbocycles. The molecule has 1 aliphatic heterocycles. The maximum Gasteiger partial charge on any atom is 0.305 e. The second kappa shape index (κ2) is 13.4. The molecule has 0 aliphatic carbocycles. The van der Waals surface area contributed by atoms with E-state index >= 15 is 0 Å². The Morgan fingerprint density at radius 3 is 2.00 bits per heavy atom. The van der Waals surface area contributed by atoms with Gasteiger partial charge in [0, 0.05) is 20.8 Å². The number of hydrogen-bond acceptors (Lipinski definition) is 10. The number of benzene rings is 1. The summed E-state index contributed by atoms with van der Waals surface area (Å²) in [5.41, 5.74) is 6.02. The van der Waals surface area contributed by atoms with Gasteiger partial charge in [-0.3, -0.25) is 19.2 Å². The lowest BCUT2D eigenvalue weighted by Crippen LogP contribution is -2.63. The monoisotopic (exact) mass is 455 g/mol. The molecule has 1 aliphatic rings. The Morgan fingerprint density at radius 2 is 1.56 bits per heavy atom. The fourth-order valence-corrected chi connectivity index (χ4v) is 2.80. The normalized spacial score (nSPS) is 24.3. The molecular formula is C21H29NO10. The first-order chi connectivity index (χ1) is 15.1. The zero-order valence-electron chi connectivity index (χ0n) is 18.4. The summed E-state index contributed by atoms with van der Waals surface area (Å²) in [5, 5.41) is 10.4. The van der Waals surface area contributed by atoms with Crippen LogP contribution >= 0.6 is 0 Å². The minimum Gasteiger partial charge on any atom is -0.466 e. The molecule has 32 heavy (non-hydrogen) atoms. The molecule has 178 valence electrons. The van der Waals surface area contributed by atoms with E-state index in [1.165, 1.54) is 6.92 Å². The fraction of sp³-hybridized carbons (Fsp3) is 0.524. The summed E-state index contributed by atoms with van der Waals surface area (Å²) in [4.78, 5) is 44.2. The Bertz CT molecular complexity index is 769. The predicted octanol–water partition coefficient (Wildman–Crippen LogP) is 0.207. The Hall–Kier alpha value is -3.02. The summed E-state index contributed by atoms with van der Waals surface area (Å²) in [7, 11) is 0. The number of carbonyl (C=O) groups is 4. The molecule has 0 unspecified atom stereocenters. The fourth-order valence-electron chi connectivity index (χ4n) is 2.80. The molecule has 1 aromatic carbocycles. The van der Waals surface area contributed by atoms with Crippen LogP contribution < -0.4 is 5.73 Å². The molecule has 0 spiro atoms. The number of amides is 1. The van der Waals surface area contributed by atoms with E-state index in [1.807, 2.05) is 6.07 Å². The van der Waals surface area contributed by atoms with Gasteiger partial charge in [-0.1, -0.05) is 30.3 Å². The van der Waals surface area contributed by atoms with Crippen molar-refractivity contribution < 1.29 is 48.0 Å². The van der Waals surface area contributed by atoms with Crippen LogP contribution in [0.25, 0.3) is 0 Å². The lowest BCUT2D eigenvalue weighted by Gasteiger charge is -2.42. The Morgan fingerprint density at radius 1 is 0.969 bits per heavy atom. The molecule has 0 aromatic heterocycles. The van der Waals surface area contributed by atoms with Crippen LogP contribution in [0, 0.1) is 0 Å². The van der Waals surface area contributed by atoms with E-state index in [4.69, 9.17) is 24.7 Å². The van der Waals surface area contributed by atoms with Crippen molar-refractivity contribution in [1.82, 2.24) is 0 Å². The number of nitrogens with two attached hydrogens (primary N) is 1. The number of ether oxygens (including phenoxy) is 5. The average Bonchev–Trinajstić information content (AvgIpc) is 2.69. The van der Waals surface area contributed by atoms with Crippen LogP contribution in [-0.4, -0.2) is 66.2 Å².